The lowest BCUT2D eigenvalue weighted by Gasteiger charge is -2.31. The molecule has 2 heterocycles. The fraction of sp³-hybridized carbons (Fsp3) is 0.118. The molecular formula is C17H11BrN2O4. The van der Waals surface area contributed by atoms with Crippen molar-refractivity contribution in [3.63, 3.8) is 0 Å². The zero-order chi connectivity index (χ0) is 16.9. The van der Waals surface area contributed by atoms with E-state index in [2.05, 4.69) is 21.2 Å². The van der Waals surface area contributed by atoms with Crippen molar-refractivity contribution in [3.8, 4) is 0 Å². The molecule has 1 atom stereocenters. The predicted octanol–water partition coefficient (Wildman–Crippen LogP) is 2.52. The Hall–Kier alpha value is -2.67. The van der Waals surface area contributed by atoms with Gasteiger partial charge in [-0.3, -0.25) is 19.8 Å². The zero-order valence-corrected chi connectivity index (χ0v) is 13.9. The quantitative estimate of drug-likeness (QED) is 0.860. The third-order valence-corrected chi connectivity index (χ3v) is 4.69. The summed E-state index contributed by atoms with van der Waals surface area (Å²) >= 11 is 3.36. The lowest BCUT2D eigenvalue weighted by Crippen LogP contribution is -2.49. The molecule has 1 saturated heterocycles. The van der Waals surface area contributed by atoms with Crippen LogP contribution in [0.15, 0.2) is 53.0 Å². The van der Waals surface area contributed by atoms with Crippen LogP contribution in [-0.4, -0.2) is 22.8 Å². The Bertz CT molecular complexity index is 880. The van der Waals surface area contributed by atoms with Gasteiger partial charge < -0.3 is 4.74 Å². The molecule has 0 aliphatic carbocycles. The van der Waals surface area contributed by atoms with Gasteiger partial charge in [0.05, 0.1) is 6.54 Å². The molecular weight excluding hydrogens is 376 g/mol. The Kier molecular flexibility index (Phi) is 3.21. The highest BCUT2D eigenvalue weighted by atomic mass is 79.9. The smallest absolute Gasteiger partial charge is 0.408 e. The molecule has 0 saturated carbocycles. The molecule has 0 bridgehead atoms. The summed E-state index contributed by atoms with van der Waals surface area (Å²) in [6, 6.07) is 14.0. The van der Waals surface area contributed by atoms with E-state index in [4.69, 9.17) is 4.74 Å². The van der Waals surface area contributed by atoms with Crippen molar-refractivity contribution < 1.29 is 19.1 Å². The standard InChI is InChI=1S/C17H11BrN2O4/c18-11-7-5-10(6-8-11)9-20-14(21)12-3-1-2-4-13(12)17(20)15(22)19-16(23)24-17/h1-8H,9H2,(H,19,22,23). The number of carbonyl (C=O) groups is 3. The number of rotatable bonds is 2. The summed E-state index contributed by atoms with van der Waals surface area (Å²) in [4.78, 5) is 38.3. The molecule has 1 spiro atoms. The molecule has 2 aromatic rings. The number of fused-ring (bicyclic) bond motifs is 2. The number of benzene rings is 2. The van der Waals surface area contributed by atoms with Gasteiger partial charge in [-0.05, 0) is 23.8 Å². The van der Waals surface area contributed by atoms with E-state index in [1.54, 1.807) is 24.3 Å². The number of alkyl carbamates (subject to hydrolysis) is 1. The van der Waals surface area contributed by atoms with E-state index in [9.17, 15) is 14.4 Å². The van der Waals surface area contributed by atoms with Crippen LogP contribution in [-0.2, 0) is 21.8 Å². The highest BCUT2D eigenvalue weighted by Crippen LogP contribution is 2.43. The van der Waals surface area contributed by atoms with Crippen molar-refractivity contribution in [1.29, 1.82) is 0 Å². The maximum absolute atomic E-state index is 12.8. The van der Waals surface area contributed by atoms with Crippen LogP contribution in [0.25, 0.3) is 0 Å². The molecule has 2 aliphatic rings. The Morgan fingerprint density at radius 2 is 1.75 bits per heavy atom. The van der Waals surface area contributed by atoms with Crippen molar-refractivity contribution in [1.82, 2.24) is 10.2 Å². The number of carbonyl (C=O) groups excluding carboxylic acids is 3. The summed E-state index contributed by atoms with van der Waals surface area (Å²) in [5.41, 5.74) is -0.179. The number of nitrogens with zero attached hydrogens (tertiary/aromatic N) is 1. The molecule has 0 radical (unpaired) electrons. The van der Waals surface area contributed by atoms with Crippen LogP contribution in [0.2, 0.25) is 0 Å². The van der Waals surface area contributed by atoms with Crippen molar-refractivity contribution in [3.05, 3.63) is 69.7 Å². The lowest BCUT2D eigenvalue weighted by molar-refractivity contribution is -0.146. The number of imide groups is 1. The molecule has 120 valence electrons. The summed E-state index contributed by atoms with van der Waals surface area (Å²) in [6.45, 7) is 0.140. The normalized spacial score (nSPS) is 21.9. The summed E-state index contributed by atoms with van der Waals surface area (Å²) in [5.74, 6) is -0.999. The largest absolute Gasteiger partial charge is 0.416 e. The average molecular weight is 387 g/mol. The molecule has 1 N–H and O–H groups in total. The first-order valence-electron chi connectivity index (χ1n) is 7.23. The van der Waals surface area contributed by atoms with Gasteiger partial charge in [-0.25, -0.2) is 4.79 Å². The second kappa shape index (κ2) is 5.17. The van der Waals surface area contributed by atoms with Gasteiger partial charge >= 0.3 is 12.0 Å². The molecule has 2 aliphatic heterocycles. The molecule has 4 rings (SSSR count). The maximum atomic E-state index is 12.8. The SMILES string of the molecule is O=C1NC(=O)C2(O1)c1ccccc1C(=O)N2Cc1ccc(Br)cc1. The molecule has 2 aromatic carbocycles. The van der Waals surface area contributed by atoms with E-state index in [0.29, 0.717) is 11.1 Å². The average Bonchev–Trinajstić information content (AvgIpc) is 2.99. The van der Waals surface area contributed by atoms with Crippen LogP contribution in [0.5, 0.6) is 0 Å². The Balaban J connectivity index is 1.83. The van der Waals surface area contributed by atoms with Gasteiger partial charge in [-0.2, -0.15) is 0 Å². The minimum absolute atomic E-state index is 0.140. The summed E-state index contributed by atoms with van der Waals surface area (Å²) in [7, 11) is 0. The highest BCUT2D eigenvalue weighted by molar-refractivity contribution is 9.10. The Labute approximate surface area is 145 Å². The third kappa shape index (κ3) is 1.98. The second-order valence-electron chi connectivity index (χ2n) is 5.55. The van der Waals surface area contributed by atoms with Gasteiger partial charge in [0.25, 0.3) is 11.6 Å². The minimum atomic E-state index is -1.74. The van der Waals surface area contributed by atoms with E-state index < -0.39 is 17.7 Å². The van der Waals surface area contributed by atoms with Gasteiger partial charge in [0.15, 0.2) is 0 Å². The van der Waals surface area contributed by atoms with Crippen molar-refractivity contribution >= 4 is 33.8 Å². The fourth-order valence-electron chi connectivity index (χ4n) is 3.09. The van der Waals surface area contributed by atoms with Crippen molar-refractivity contribution in [2.45, 2.75) is 12.3 Å². The van der Waals surface area contributed by atoms with E-state index >= 15 is 0 Å². The van der Waals surface area contributed by atoms with Crippen molar-refractivity contribution in [2.24, 2.45) is 0 Å². The first-order valence-corrected chi connectivity index (χ1v) is 8.02. The first-order chi connectivity index (χ1) is 11.5. The van der Waals surface area contributed by atoms with Gasteiger partial charge in [0.2, 0.25) is 0 Å². The molecule has 1 unspecified atom stereocenters. The summed E-state index contributed by atoms with van der Waals surface area (Å²) in [5, 5.41) is 2.13. The maximum Gasteiger partial charge on any atom is 0.416 e. The Morgan fingerprint density at radius 1 is 1.04 bits per heavy atom. The first kappa shape index (κ1) is 14.9. The van der Waals surface area contributed by atoms with E-state index in [1.807, 2.05) is 24.3 Å². The monoisotopic (exact) mass is 386 g/mol. The molecule has 7 heteroatoms. The fourth-order valence-corrected chi connectivity index (χ4v) is 3.36. The van der Waals surface area contributed by atoms with Crippen LogP contribution in [0.3, 0.4) is 0 Å². The summed E-state index contributed by atoms with van der Waals surface area (Å²) in [6.07, 6.45) is -0.856. The number of ether oxygens (including phenoxy) is 1. The van der Waals surface area contributed by atoms with Crippen LogP contribution in [0, 0.1) is 0 Å². The lowest BCUT2D eigenvalue weighted by atomic mass is 10.0. The van der Waals surface area contributed by atoms with Gasteiger partial charge in [-0.15, -0.1) is 0 Å². The van der Waals surface area contributed by atoms with Crippen molar-refractivity contribution in [2.75, 3.05) is 0 Å². The third-order valence-electron chi connectivity index (χ3n) is 4.17. The second-order valence-corrected chi connectivity index (χ2v) is 6.47. The number of hydrogen-bond donors (Lipinski definition) is 1. The zero-order valence-electron chi connectivity index (χ0n) is 12.3. The molecule has 3 amide bonds. The molecule has 1 fully saturated rings. The van der Waals surface area contributed by atoms with Crippen LogP contribution in [0.1, 0.15) is 21.5 Å². The predicted molar refractivity (Wildman–Crippen MR) is 86.8 cm³/mol. The van der Waals surface area contributed by atoms with Crippen LogP contribution >= 0.6 is 15.9 Å². The van der Waals surface area contributed by atoms with Crippen LogP contribution in [0.4, 0.5) is 4.79 Å². The van der Waals surface area contributed by atoms with Gasteiger partial charge in [0, 0.05) is 15.6 Å². The number of halogens is 1. The summed E-state index contributed by atoms with van der Waals surface area (Å²) < 4.78 is 6.23. The Morgan fingerprint density at radius 3 is 2.42 bits per heavy atom. The molecule has 6 nitrogen and oxygen atoms in total. The minimum Gasteiger partial charge on any atom is -0.408 e. The van der Waals surface area contributed by atoms with Crippen LogP contribution < -0.4 is 5.32 Å². The van der Waals surface area contributed by atoms with Gasteiger partial charge in [0.1, 0.15) is 0 Å². The van der Waals surface area contributed by atoms with E-state index in [1.165, 1.54) is 4.90 Å². The topological polar surface area (TPSA) is 75.7 Å². The molecule has 24 heavy (non-hydrogen) atoms. The van der Waals surface area contributed by atoms with E-state index in [0.717, 1.165) is 10.0 Å². The number of amides is 3. The number of nitrogens with one attached hydrogen (secondary N) is 1. The van der Waals surface area contributed by atoms with E-state index in [-0.39, 0.29) is 12.5 Å². The van der Waals surface area contributed by atoms with Gasteiger partial charge in [-0.1, -0.05) is 46.3 Å². The number of hydrogen-bond acceptors (Lipinski definition) is 4. The molecule has 0 aromatic heterocycles. The highest BCUT2D eigenvalue weighted by Gasteiger charge is 2.62.